The van der Waals surface area contributed by atoms with E-state index in [4.69, 9.17) is 27.1 Å². The van der Waals surface area contributed by atoms with Gasteiger partial charge in [0.05, 0.1) is 11.0 Å². The first-order valence-electron chi connectivity index (χ1n) is 7.64. The Bertz CT molecular complexity index is 632. The molecular weight excluding hydrogens is 286 g/mol. The zero-order chi connectivity index (χ0) is 14.9. The molecule has 0 amide bonds. The number of benzene rings is 1. The van der Waals surface area contributed by atoms with Gasteiger partial charge in [0.15, 0.2) is 0 Å². The molecule has 1 saturated heterocycles. The van der Waals surface area contributed by atoms with E-state index in [0.717, 1.165) is 60.9 Å². The minimum atomic E-state index is -0.0705. The molecule has 1 aromatic carbocycles. The Morgan fingerprint density at radius 1 is 1.38 bits per heavy atom. The first kappa shape index (κ1) is 14.8. The quantitative estimate of drug-likeness (QED) is 0.944. The molecule has 0 atom stereocenters. The smallest absolute Gasteiger partial charge is 0.117 e. The average molecular weight is 308 g/mol. The van der Waals surface area contributed by atoms with Gasteiger partial charge in [-0.05, 0) is 37.5 Å². The fourth-order valence-electron chi connectivity index (χ4n) is 3.24. The number of imidazole rings is 1. The molecular formula is C16H22ClN3O. The number of hydrogen-bond acceptors (Lipinski definition) is 3. The van der Waals surface area contributed by atoms with Gasteiger partial charge in [0, 0.05) is 36.7 Å². The molecule has 21 heavy (non-hydrogen) atoms. The molecule has 0 aliphatic carbocycles. The van der Waals surface area contributed by atoms with Crippen molar-refractivity contribution >= 4 is 22.6 Å². The molecule has 2 aromatic rings. The van der Waals surface area contributed by atoms with Crippen LogP contribution < -0.4 is 5.73 Å². The molecule has 5 heteroatoms. The molecule has 0 unspecified atom stereocenters. The van der Waals surface area contributed by atoms with Crippen molar-refractivity contribution in [2.45, 2.75) is 38.1 Å². The van der Waals surface area contributed by atoms with Crippen molar-refractivity contribution < 1.29 is 4.74 Å². The number of aryl methyl sites for hydroxylation is 1. The topological polar surface area (TPSA) is 53.1 Å². The fraction of sp³-hybridized carbons (Fsp3) is 0.562. The molecule has 1 aromatic heterocycles. The standard InChI is InChI=1S/C16H22ClN3O/c1-2-7-20-14-4-3-12(17)10-13(14)19-15(20)16(11-18)5-8-21-9-6-16/h3-4,10H,2,5-9,11,18H2,1H3. The monoisotopic (exact) mass is 307 g/mol. The Kier molecular flexibility index (Phi) is 4.20. The first-order chi connectivity index (χ1) is 10.2. The number of halogens is 1. The molecule has 4 nitrogen and oxygen atoms in total. The fourth-order valence-corrected chi connectivity index (χ4v) is 3.41. The Morgan fingerprint density at radius 3 is 2.81 bits per heavy atom. The van der Waals surface area contributed by atoms with E-state index in [0.29, 0.717) is 6.54 Å². The van der Waals surface area contributed by atoms with Crippen LogP contribution in [0.25, 0.3) is 11.0 Å². The van der Waals surface area contributed by atoms with Crippen molar-refractivity contribution in [3.8, 4) is 0 Å². The van der Waals surface area contributed by atoms with Crippen molar-refractivity contribution in [3.63, 3.8) is 0 Å². The van der Waals surface area contributed by atoms with E-state index in [1.807, 2.05) is 12.1 Å². The summed E-state index contributed by atoms with van der Waals surface area (Å²) >= 11 is 6.12. The van der Waals surface area contributed by atoms with Gasteiger partial charge >= 0.3 is 0 Å². The molecule has 114 valence electrons. The molecule has 3 rings (SSSR count). The van der Waals surface area contributed by atoms with E-state index in [-0.39, 0.29) is 5.41 Å². The second-order valence-electron chi connectivity index (χ2n) is 5.82. The zero-order valence-electron chi connectivity index (χ0n) is 12.4. The van der Waals surface area contributed by atoms with Crippen molar-refractivity contribution in [2.24, 2.45) is 5.73 Å². The lowest BCUT2D eigenvalue weighted by atomic mass is 9.79. The number of nitrogens with zero attached hydrogens (tertiary/aromatic N) is 2. The van der Waals surface area contributed by atoms with E-state index < -0.39 is 0 Å². The van der Waals surface area contributed by atoms with Crippen LogP contribution >= 0.6 is 11.6 Å². The maximum absolute atomic E-state index is 6.15. The number of hydrogen-bond donors (Lipinski definition) is 1. The molecule has 0 radical (unpaired) electrons. The number of nitrogens with two attached hydrogens (primary N) is 1. The lowest BCUT2D eigenvalue weighted by Crippen LogP contribution is -2.42. The van der Waals surface area contributed by atoms with Crippen LogP contribution in [0.15, 0.2) is 18.2 Å². The Hall–Kier alpha value is -1.10. The molecule has 0 spiro atoms. The van der Waals surface area contributed by atoms with Gasteiger partial charge in [-0.15, -0.1) is 0 Å². The van der Waals surface area contributed by atoms with Gasteiger partial charge < -0.3 is 15.0 Å². The van der Waals surface area contributed by atoms with Gasteiger partial charge in [0.1, 0.15) is 5.82 Å². The van der Waals surface area contributed by atoms with Crippen molar-refractivity contribution in [2.75, 3.05) is 19.8 Å². The molecule has 2 N–H and O–H groups in total. The number of ether oxygens (including phenoxy) is 1. The van der Waals surface area contributed by atoms with E-state index in [1.54, 1.807) is 0 Å². The Labute approximate surface area is 130 Å². The predicted octanol–water partition coefficient (Wildman–Crippen LogP) is 3.11. The highest BCUT2D eigenvalue weighted by Crippen LogP contribution is 2.35. The van der Waals surface area contributed by atoms with Crippen LogP contribution in [0.5, 0.6) is 0 Å². The van der Waals surface area contributed by atoms with Crippen LogP contribution in [0.1, 0.15) is 32.0 Å². The summed E-state index contributed by atoms with van der Waals surface area (Å²) in [7, 11) is 0. The number of aromatic nitrogens is 2. The zero-order valence-corrected chi connectivity index (χ0v) is 13.2. The van der Waals surface area contributed by atoms with Gasteiger partial charge in [0.2, 0.25) is 0 Å². The minimum Gasteiger partial charge on any atom is -0.381 e. The second-order valence-corrected chi connectivity index (χ2v) is 6.25. The minimum absolute atomic E-state index is 0.0705. The average Bonchev–Trinajstić information content (AvgIpc) is 2.87. The maximum Gasteiger partial charge on any atom is 0.117 e. The van der Waals surface area contributed by atoms with Gasteiger partial charge in [-0.1, -0.05) is 18.5 Å². The van der Waals surface area contributed by atoms with Gasteiger partial charge in [0.25, 0.3) is 0 Å². The van der Waals surface area contributed by atoms with Crippen molar-refractivity contribution in [1.29, 1.82) is 0 Å². The first-order valence-corrected chi connectivity index (χ1v) is 8.02. The van der Waals surface area contributed by atoms with Gasteiger partial charge in [-0.25, -0.2) is 4.98 Å². The van der Waals surface area contributed by atoms with Crippen LogP contribution in [0.2, 0.25) is 5.02 Å². The summed E-state index contributed by atoms with van der Waals surface area (Å²) in [5, 5.41) is 0.726. The third-order valence-corrected chi connectivity index (χ3v) is 4.71. The Morgan fingerprint density at radius 2 is 2.14 bits per heavy atom. The molecule has 0 bridgehead atoms. The number of rotatable bonds is 4. The normalized spacial score (nSPS) is 18.2. The summed E-state index contributed by atoms with van der Waals surface area (Å²) in [6, 6.07) is 5.93. The van der Waals surface area contributed by atoms with E-state index in [9.17, 15) is 0 Å². The highest BCUT2D eigenvalue weighted by molar-refractivity contribution is 6.31. The third-order valence-electron chi connectivity index (χ3n) is 4.47. The summed E-state index contributed by atoms with van der Waals surface area (Å²) in [6.45, 7) is 5.26. The lowest BCUT2D eigenvalue weighted by molar-refractivity contribution is 0.0488. The van der Waals surface area contributed by atoms with Crippen LogP contribution in [0.3, 0.4) is 0 Å². The van der Waals surface area contributed by atoms with Crippen molar-refractivity contribution in [3.05, 3.63) is 29.0 Å². The molecule has 1 fully saturated rings. The SMILES string of the molecule is CCCn1c(C2(CN)CCOCC2)nc2cc(Cl)ccc21. The van der Waals surface area contributed by atoms with E-state index in [2.05, 4.69) is 17.6 Å². The summed E-state index contributed by atoms with van der Waals surface area (Å²) in [5.74, 6) is 1.10. The largest absolute Gasteiger partial charge is 0.381 e. The van der Waals surface area contributed by atoms with E-state index in [1.165, 1.54) is 0 Å². The predicted molar refractivity (Wildman–Crippen MR) is 85.8 cm³/mol. The van der Waals surface area contributed by atoms with Gasteiger partial charge in [-0.2, -0.15) is 0 Å². The van der Waals surface area contributed by atoms with Gasteiger partial charge in [-0.3, -0.25) is 0 Å². The van der Waals surface area contributed by atoms with Crippen molar-refractivity contribution in [1.82, 2.24) is 9.55 Å². The van der Waals surface area contributed by atoms with Crippen LogP contribution in [-0.2, 0) is 16.7 Å². The maximum atomic E-state index is 6.15. The van der Waals surface area contributed by atoms with Crippen LogP contribution in [0, 0.1) is 0 Å². The highest BCUT2D eigenvalue weighted by Gasteiger charge is 2.37. The summed E-state index contributed by atoms with van der Waals surface area (Å²) in [5.41, 5.74) is 8.19. The highest BCUT2D eigenvalue weighted by atomic mass is 35.5. The number of fused-ring (bicyclic) bond motifs is 1. The van der Waals surface area contributed by atoms with Crippen LogP contribution in [-0.4, -0.2) is 29.3 Å². The molecule has 0 saturated carbocycles. The lowest BCUT2D eigenvalue weighted by Gasteiger charge is -2.35. The Balaban J connectivity index is 2.17. The third kappa shape index (κ3) is 2.56. The molecule has 1 aliphatic heterocycles. The molecule has 1 aliphatic rings. The summed E-state index contributed by atoms with van der Waals surface area (Å²) in [4.78, 5) is 4.90. The van der Waals surface area contributed by atoms with Crippen LogP contribution in [0.4, 0.5) is 0 Å². The summed E-state index contributed by atoms with van der Waals surface area (Å²) in [6.07, 6.45) is 2.94. The second kappa shape index (κ2) is 5.95. The molecule has 2 heterocycles. The summed E-state index contributed by atoms with van der Waals surface area (Å²) < 4.78 is 7.85. The van der Waals surface area contributed by atoms with E-state index >= 15 is 0 Å².